The van der Waals surface area contributed by atoms with Gasteiger partial charge in [-0.15, -0.1) is 10.2 Å². The first kappa shape index (κ1) is 16.3. The zero-order valence-electron chi connectivity index (χ0n) is 13.5. The second kappa shape index (κ2) is 6.25. The number of hydrogen-bond acceptors (Lipinski definition) is 5. The van der Waals surface area contributed by atoms with Crippen molar-refractivity contribution in [1.82, 2.24) is 20.5 Å². The van der Waals surface area contributed by atoms with Crippen LogP contribution in [0, 0.1) is 5.41 Å². The highest BCUT2D eigenvalue weighted by molar-refractivity contribution is 9.10. The molecule has 1 aromatic heterocycles. The Hall–Kier alpha value is -2.22. The Balaban J connectivity index is 1.56. The smallest absolute Gasteiger partial charge is 0.405 e. The lowest BCUT2D eigenvalue weighted by Crippen LogP contribution is -2.47. The molecular weight excluding hydrogens is 386 g/mol. The Morgan fingerprint density at radius 1 is 1.28 bits per heavy atom. The third-order valence-corrected chi connectivity index (χ3v) is 5.72. The summed E-state index contributed by atoms with van der Waals surface area (Å²) < 4.78 is 0.613. The van der Waals surface area contributed by atoms with E-state index in [0.717, 1.165) is 37.9 Å². The largest absolute Gasteiger partial charge is 0.465 e. The van der Waals surface area contributed by atoms with Crippen molar-refractivity contribution in [3.8, 4) is 0 Å². The Kier molecular flexibility index (Phi) is 4.07. The number of rotatable bonds is 2. The highest BCUT2D eigenvalue weighted by atomic mass is 79.9. The van der Waals surface area contributed by atoms with Crippen molar-refractivity contribution in [2.75, 3.05) is 18.0 Å². The number of anilines is 1. The van der Waals surface area contributed by atoms with Gasteiger partial charge in [0.05, 0.1) is 12.2 Å². The number of benzene rings is 1. The monoisotopic (exact) mass is 403 g/mol. The minimum absolute atomic E-state index is 0.0820. The van der Waals surface area contributed by atoms with Gasteiger partial charge in [-0.2, -0.15) is 0 Å². The lowest BCUT2D eigenvalue weighted by atomic mass is 9.73. The molecule has 4 rings (SSSR count). The van der Waals surface area contributed by atoms with E-state index in [-0.39, 0.29) is 11.5 Å². The highest BCUT2D eigenvalue weighted by Crippen LogP contribution is 2.52. The molecule has 2 heterocycles. The number of piperidine rings is 1. The number of aromatic nitrogens is 3. The van der Waals surface area contributed by atoms with Gasteiger partial charge in [0.1, 0.15) is 4.60 Å². The van der Waals surface area contributed by atoms with E-state index in [1.165, 1.54) is 5.56 Å². The van der Waals surface area contributed by atoms with E-state index in [1.54, 1.807) is 6.20 Å². The van der Waals surface area contributed by atoms with Gasteiger partial charge in [0.25, 0.3) is 0 Å². The second-order valence-corrected chi connectivity index (χ2v) is 7.50. The molecule has 1 aromatic carbocycles. The van der Waals surface area contributed by atoms with Crippen LogP contribution in [0.3, 0.4) is 0 Å². The molecule has 7 nitrogen and oxygen atoms in total. The fraction of sp³-hybridized carbons (Fsp3) is 0.412. The van der Waals surface area contributed by atoms with Crippen molar-refractivity contribution < 1.29 is 9.90 Å². The molecule has 130 valence electrons. The summed E-state index contributed by atoms with van der Waals surface area (Å²) in [4.78, 5) is 17.8. The Bertz CT molecular complexity index is 790. The maximum Gasteiger partial charge on any atom is 0.405 e. The lowest BCUT2D eigenvalue weighted by molar-refractivity contribution is 0.141. The van der Waals surface area contributed by atoms with Gasteiger partial charge in [-0.1, -0.05) is 24.3 Å². The number of nitrogens with zero attached hydrogens (tertiary/aromatic N) is 4. The van der Waals surface area contributed by atoms with Gasteiger partial charge in [0, 0.05) is 18.5 Å². The molecule has 1 amide bonds. The quantitative estimate of drug-likeness (QED) is 0.800. The number of carboxylic acid groups (broad SMARTS) is 1. The van der Waals surface area contributed by atoms with Crippen molar-refractivity contribution >= 4 is 28.0 Å². The van der Waals surface area contributed by atoms with Crippen molar-refractivity contribution in [3.05, 3.63) is 46.2 Å². The molecule has 0 bridgehead atoms. The van der Waals surface area contributed by atoms with Crippen LogP contribution in [0.5, 0.6) is 0 Å². The molecule has 1 aliphatic carbocycles. The van der Waals surface area contributed by atoms with E-state index in [2.05, 4.69) is 47.4 Å². The Morgan fingerprint density at radius 3 is 2.72 bits per heavy atom. The average Bonchev–Trinajstić information content (AvgIpc) is 2.89. The number of carbonyl (C=O) groups is 1. The van der Waals surface area contributed by atoms with Crippen molar-refractivity contribution in [3.63, 3.8) is 0 Å². The van der Waals surface area contributed by atoms with E-state index in [4.69, 9.17) is 0 Å². The summed E-state index contributed by atoms with van der Waals surface area (Å²) in [7, 11) is 0. The number of nitrogens with one attached hydrogen (secondary N) is 1. The van der Waals surface area contributed by atoms with Crippen LogP contribution in [-0.4, -0.2) is 39.5 Å². The number of halogens is 1. The topological polar surface area (TPSA) is 91.2 Å². The zero-order chi connectivity index (χ0) is 17.4. The predicted molar refractivity (Wildman–Crippen MR) is 95.5 cm³/mol. The van der Waals surface area contributed by atoms with E-state index in [1.807, 2.05) is 18.2 Å². The van der Waals surface area contributed by atoms with Gasteiger partial charge in [-0.05, 0) is 46.3 Å². The minimum atomic E-state index is -0.969. The minimum Gasteiger partial charge on any atom is -0.465 e. The normalized spacial score (nSPS) is 21.2. The van der Waals surface area contributed by atoms with Crippen LogP contribution in [0.15, 0.2) is 35.1 Å². The third-order valence-electron chi connectivity index (χ3n) is 5.35. The lowest BCUT2D eigenvalue weighted by Gasteiger charge is -2.43. The molecule has 8 heteroatoms. The van der Waals surface area contributed by atoms with Crippen molar-refractivity contribution in [2.45, 2.75) is 25.3 Å². The zero-order valence-corrected chi connectivity index (χ0v) is 15.1. The molecule has 2 aliphatic rings. The Morgan fingerprint density at radius 2 is 2.04 bits per heavy atom. The molecule has 0 unspecified atom stereocenters. The molecule has 2 N–H and O–H groups in total. The van der Waals surface area contributed by atoms with E-state index < -0.39 is 6.09 Å². The van der Waals surface area contributed by atoms with Crippen LogP contribution < -0.4 is 10.2 Å². The molecule has 1 aliphatic heterocycles. The first-order chi connectivity index (χ1) is 12.1. The molecule has 0 radical (unpaired) electrons. The maximum atomic E-state index is 11.4. The van der Waals surface area contributed by atoms with Crippen LogP contribution in [0.1, 0.15) is 30.0 Å². The first-order valence-electron chi connectivity index (χ1n) is 8.25. The third kappa shape index (κ3) is 2.95. The van der Waals surface area contributed by atoms with E-state index >= 15 is 0 Å². The van der Waals surface area contributed by atoms with Crippen LogP contribution >= 0.6 is 15.9 Å². The van der Waals surface area contributed by atoms with Crippen LogP contribution in [0.2, 0.25) is 0 Å². The summed E-state index contributed by atoms with van der Waals surface area (Å²) >= 11 is 3.25. The first-order valence-corrected chi connectivity index (χ1v) is 9.04. The number of hydrogen-bond donors (Lipinski definition) is 2. The number of amides is 1. The van der Waals surface area contributed by atoms with Crippen LogP contribution in [0.25, 0.3) is 0 Å². The van der Waals surface area contributed by atoms with Crippen LogP contribution in [-0.2, 0) is 6.42 Å². The number of fused-ring (bicyclic) bond motifs is 1. The van der Waals surface area contributed by atoms with Crippen LogP contribution in [0.4, 0.5) is 10.7 Å². The summed E-state index contributed by atoms with van der Waals surface area (Å²) in [5.41, 5.74) is 2.28. The van der Waals surface area contributed by atoms with Crippen molar-refractivity contribution in [2.24, 2.45) is 5.41 Å². The predicted octanol–water partition coefficient (Wildman–Crippen LogP) is 2.79. The van der Waals surface area contributed by atoms with Gasteiger partial charge < -0.3 is 15.3 Å². The average molecular weight is 404 g/mol. The molecule has 2 aromatic rings. The molecule has 25 heavy (non-hydrogen) atoms. The van der Waals surface area contributed by atoms with Gasteiger partial charge in [-0.25, -0.2) is 9.78 Å². The molecular formula is C17H18BrN5O2. The summed E-state index contributed by atoms with van der Waals surface area (Å²) in [5.74, 6) is 0.622. The van der Waals surface area contributed by atoms with E-state index in [9.17, 15) is 9.90 Å². The summed E-state index contributed by atoms with van der Waals surface area (Å²) in [6.07, 6.45) is 3.34. The van der Waals surface area contributed by atoms with E-state index in [0.29, 0.717) is 10.6 Å². The molecule has 1 spiro atoms. The molecule has 0 saturated carbocycles. The summed E-state index contributed by atoms with van der Waals surface area (Å²) in [5, 5.41) is 20.2. The second-order valence-electron chi connectivity index (χ2n) is 6.69. The Labute approximate surface area is 153 Å². The van der Waals surface area contributed by atoms with Gasteiger partial charge in [0.15, 0.2) is 0 Å². The van der Waals surface area contributed by atoms with Gasteiger partial charge in [0.2, 0.25) is 5.95 Å². The highest BCUT2D eigenvalue weighted by Gasteiger charge is 2.48. The van der Waals surface area contributed by atoms with Gasteiger partial charge in [-0.3, -0.25) is 0 Å². The van der Waals surface area contributed by atoms with Crippen molar-refractivity contribution in [1.29, 1.82) is 0 Å². The fourth-order valence-electron chi connectivity index (χ4n) is 4.16. The van der Waals surface area contributed by atoms with Gasteiger partial charge >= 0.3 is 6.09 Å². The SMILES string of the molecule is O=C(O)N[C@@H]1c2ccccc2CC12CCN(c1ncc(Br)nn1)CC2. The molecule has 1 fully saturated rings. The summed E-state index contributed by atoms with van der Waals surface area (Å²) in [6.45, 7) is 1.57. The summed E-state index contributed by atoms with van der Waals surface area (Å²) in [6, 6.07) is 7.98. The standard InChI is InChI=1S/C17H18BrN5O2/c18-13-10-19-15(22-21-13)23-7-5-17(6-8-23)9-11-3-1-2-4-12(11)14(17)20-16(24)25/h1-4,10,14,20H,5-9H2,(H,24,25)/t14-/m1/s1. The fourth-order valence-corrected chi connectivity index (χ4v) is 4.34. The molecule has 1 saturated heterocycles. The maximum absolute atomic E-state index is 11.4. The molecule has 1 atom stereocenters.